The second kappa shape index (κ2) is 6.98. The van der Waals surface area contributed by atoms with Gasteiger partial charge in [-0.25, -0.2) is 0 Å². The number of ether oxygens (including phenoxy) is 1. The number of carboxylic acids is 1. The summed E-state index contributed by atoms with van der Waals surface area (Å²) in [5.74, 6) is -0.183. The number of rotatable bonds is 7. The molecule has 0 spiro atoms. The molecule has 2 atom stereocenters. The van der Waals surface area contributed by atoms with Crippen LogP contribution < -0.4 is 10.5 Å². The van der Waals surface area contributed by atoms with Crippen LogP contribution in [0, 0.1) is 0 Å². The van der Waals surface area contributed by atoms with E-state index >= 15 is 0 Å². The van der Waals surface area contributed by atoms with E-state index < -0.39 is 18.1 Å². The van der Waals surface area contributed by atoms with Gasteiger partial charge in [0.25, 0.3) is 0 Å². The molecule has 4 N–H and O–H groups in total. The smallest absolute Gasteiger partial charge is 0.303 e. The second-order valence-corrected chi connectivity index (χ2v) is 4.04. The molecule has 1 aromatic carbocycles. The number of hydrogen-bond acceptors (Lipinski definition) is 4. The van der Waals surface area contributed by atoms with E-state index in [9.17, 15) is 9.90 Å². The SMILES string of the molecule is CCOc1ccc(C(O)C(N)CCC(=O)O)cc1. The summed E-state index contributed by atoms with van der Waals surface area (Å²) in [4.78, 5) is 10.4. The van der Waals surface area contributed by atoms with Gasteiger partial charge in [0.05, 0.1) is 12.7 Å². The molecule has 100 valence electrons. The van der Waals surface area contributed by atoms with Crippen LogP contribution in [0.3, 0.4) is 0 Å². The van der Waals surface area contributed by atoms with Crippen molar-refractivity contribution in [3.05, 3.63) is 29.8 Å². The van der Waals surface area contributed by atoms with E-state index in [-0.39, 0.29) is 12.8 Å². The molecule has 2 unspecified atom stereocenters. The van der Waals surface area contributed by atoms with Gasteiger partial charge in [0.15, 0.2) is 0 Å². The minimum atomic E-state index is -0.913. The lowest BCUT2D eigenvalue weighted by Gasteiger charge is -2.18. The first kappa shape index (κ1) is 14.5. The molecule has 0 fully saturated rings. The topological polar surface area (TPSA) is 92.8 Å². The number of aliphatic hydroxyl groups is 1. The van der Waals surface area contributed by atoms with Crippen LogP contribution in [0.1, 0.15) is 31.4 Å². The lowest BCUT2D eigenvalue weighted by atomic mass is 9.99. The molecule has 5 nitrogen and oxygen atoms in total. The van der Waals surface area contributed by atoms with Gasteiger partial charge in [0.2, 0.25) is 0 Å². The van der Waals surface area contributed by atoms with Gasteiger partial charge < -0.3 is 20.7 Å². The zero-order valence-corrected chi connectivity index (χ0v) is 10.4. The predicted molar refractivity (Wildman–Crippen MR) is 67.4 cm³/mol. The molecule has 1 aromatic rings. The monoisotopic (exact) mass is 253 g/mol. The Balaban J connectivity index is 2.59. The Hall–Kier alpha value is -1.59. The van der Waals surface area contributed by atoms with E-state index in [0.29, 0.717) is 12.2 Å². The molecule has 0 aromatic heterocycles. The van der Waals surface area contributed by atoms with Gasteiger partial charge in [0.1, 0.15) is 5.75 Å². The number of nitrogens with two attached hydrogens (primary N) is 1. The largest absolute Gasteiger partial charge is 0.494 e. The van der Waals surface area contributed by atoms with E-state index in [4.69, 9.17) is 15.6 Å². The van der Waals surface area contributed by atoms with Crippen LogP contribution in [-0.4, -0.2) is 28.8 Å². The van der Waals surface area contributed by atoms with Crippen molar-refractivity contribution in [3.8, 4) is 5.75 Å². The molecular weight excluding hydrogens is 234 g/mol. The summed E-state index contributed by atoms with van der Waals surface area (Å²) < 4.78 is 5.29. The predicted octanol–water partition coefficient (Wildman–Crippen LogP) is 1.31. The molecule has 0 radical (unpaired) electrons. The van der Waals surface area contributed by atoms with Crippen LogP contribution >= 0.6 is 0 Å². The fourth-order valence-electron chi connectivity index (χ4n) is 1.62. The maximum atomic E-state index is 10.4. The first-order chi connectivity index (χ1) is 8.54. The van der Waals surface area contributed by atoms with Crippen LogP contribution in [0.2, 0.25) is 0 Å². The summed E-state index contributed by atoms with van der Waals surface area (Å²) in [6.07, 6.45) is -0.668. The molecule has 0 saturated carbocycles. The molecule has 0 aliphatic rings. The van der Waals surface area contributed by atoms with Gasteiger partial charge >= 0.3 is 5.97 Å². The number of aliphatic hydroxyl groups excluding tert-OH is 1. The summed E-state index contributed by atoms with van der Waals surface area (Å²) in [6.45, 7) is 2.48. The van der Waals surface area contributed by atoms with E-state index in [1.54, 1.807) is 24.3 Å². The van der Waals surface area contributed by atoms with E-state index in [0.717, 1.165) is 5.75 Å². The van der Waals surface area contributed by atoms with Crippen LogP contribution in [0.15, 0.2) is 24.3 Å². The molecule has 0 heterocycles. The first-order valence-corrected chi connectivity index (χ1v) is 5.92. The first-order valence-electron chi connectivity index (χ1n) is 5.92. The Labute approximate surface area is 106 Å². The van der Waals surface area contributed by atoms with E-state index in [2.05, 4.69) is 0 Å². The Kier molecular flexibility index (Phi) is 5.61. The van der Waals surface area contributed by atoms with Crippen LogP contribution in [-0.2, 0) is 4.79 Å². The maximum Gasteiger partial charge on any atom is 0.303 e. The fourth-order valence-corrected chi connectivity index (χ4v) is 1.62. The van der Waals surface area contributed by atoms with Crippen molar-refractivity contribution >= 4 is 5.97 Å². The molecule has 0 saturated heterocycles. The minimum Gasteiger partial charge on any atom is -0.494 e. The number of carbonyl (C=O) groups is 1. The summed E-state index contributed by atoms with van der Waals surface area (Å²) in [7, 11) is 0. The van der Waals surface area contributed by atoms with Gasteiger partial charge in [0, 0.05) is 12.5 Å². The van der Waals surface area contributed by atoms with Gasteiger partial charge in [-0.2, -0.15) is 0 Å². The van der Waals surface area contributed by atoms with Crippen LogP contribution in [0.4, 0.5) is 0 Å². The lowest BCUT2D eigenvalue weighted by molar-refractivity contribution is -0.137. The molecule has 0 aliphatic carbocycles. The highest BCUT2D eigenvalue weighted by molar-refractivity contribution is 5.66. The lowest BCUT2D eigenvalue weighted by Crippen LogP contribution is -2.29. The molecule has 0 aliphatic heterocycles. The molecule has 1 rings (SSSR count). The molecule has 5 heteroatoms. The van der Waals surface area contributed by atoms with Gasteiger partial charge in [-0.05, 0) is 31.0 Å². The highest BCUT2D eigenvalue weighted by Gasteiger charge is 2.17. The van der Waals surface area contributed by atoms with Crippen molar-refractivity contribution in [1.29, 1.82) is 0 Å². The Morgan fingerprint density at radius 3 is 2.50 bits per heavy atom. The normalized spacial score (nSPS) is 13.9. The van der Waals surface area contributed by atoms with Gasteiger partial charge in [-0.3, -0.25) is 4.79 Å². The van der Waals surface area contributed by atoms with Crippen molar-refractivity contribution in [2.45, 2.75) is 31.9 Å². The zero-order chi connectivity index (χ0) is 13.5. The van der Waals surface area contributed by atoms with Crippen molar-refractivity contribution in [2.75, 3.05) is 6.61 Å². The average Bonchev–Trinajstić information content (AvgIpc) is 2.36. The van der Waals surface area contributed by atoms with E-state index in [1.807, 2.05) is 6.92 Å². The van der Waals surface area contributed by atoms with Gasteiger partial charge in [-0.1, -0.05) is 12.1 Å². The third kappa shape index (κ3) is 4.35. The quantitative estimate of drug-likeness (QED) is 0.681. The van der Waals surface area contributed by atoms with Crippen LogP contribution in [0.5, 0.6) is 5.75 Å². The number of carboxylic acid groups (broad SMARTS) is 1. The minimum absolute atomic E-state index is 0.0464. The Morgan fingerprint density at radius 1 is 1.39 bits per heavy atom. The van der Waals surface area contributed by atoms with Crippen molar-refractivity contribution in [1.82, 2.24) is 0 Å². The number of aliphatic carboxylic acids is 1. The summed E-state index contributed by atoms with van der Waals surface area (Å²) >= 11 is 0. The highest BCUT2D eigenvalue weighted by Crippen LogP contribution is 2.21. The molecular formula is C13H19NO4. The molecule has 0 bridgehead atoms. The Bertz CT molecular complexity index is 377. The van der Waals surface area contributed by atoms with Crippen molar-refractivity contribution in [2.24, 2.45) is 5.73 Å². The maximum absolute atomic E-state index is 10.4. The fraction of sp³-hybridized carbons (Fsp3) is 0.462. The van der Waals surface area contributed by atoms with Crippen LogP contribution in [0.25, 0.3) is 0 Å². The van der Waals surface area contributed by atoms with E-state index in [1.165, 1.54) is 0 Å². The number of hydrogen-bond donors (Lipinski definition) is 3. The summed E-state index contributed by atoms with van der Waals surface area (Å²) in [6, 6.07) is 6.39. The second-order valence-electron chi connectivity index (χ2n) is 4.04. The third-order valence-electron chi connectivity index (χ3n) is 2.63. The summed E-state index contributed by atoms with van der Waals surface area (Å²) in [5, 5.41) is 18.5. The van der Waals surface area contributed by atoms with Crippen molar-refractivity contribution < 1.29 is 19.7 Å². The van der Waals surface area contributed by atoms with Crippen molar-refractivity contribution in [3.63, 3.8) is 0 Å². The highest BCUT2D eigenvalue weighted by atomic mass is 16.5. The van der Waals surface area contributed by atoms with Gasteiger partial charge in [-0.15, -0.1) is 0 Å². The third-order valence-corrected chi connectivity index (χ3v) is 2.63. The Morgan fingerprint density at radius 2 is 2.00 bits per heavy atom. The molecule has 18 heavy (non-hydrogen) atoms. The average molecular weight is 253 g/mol. The molecule has 0 amide bonds. The standard InChI is InChI=1S/C13H19NO4/c1-2-18-10-5-3-9(4-6-10)13(17)11(14)7-8-12(15)16/h3-6,11,13,17H,2,7-8,14H2,1H3,(H,15,16). The zero-order valence-electron chi connectivity index (χ0n) is 10.4. The number of benzene rings is 1. The summed E-state index contributed by atoms with van der Waals surface area (Å²) in [5.41, 5.74) is 6.41.